The summed E-state index contributed by atoms with van der Waals surface area (Å²) in [5.41, 5.74) is 2.62. The molecule has 1 saturated carbocycles. The molecule has 4 aromatic heterocycles. The molecule has 1 aliphatic carbocycles. The van der Waals surface area contributed by atoms with Crippen molar-refractivity contribution < 1.29 is 8.78 Å². The molecule has 0 bridgehead atoms. The van der Waals surface area contributed by atoms with Crippen molar-refractivity contribution in [2.24, 2.45) is 0 Å². The minimum absolute atomic E-state index is 0.0936. The van der Waals surface area contributed by atoms with E-state index in [9.17, 15) is 8.78 Å². The van der Waals surface area contributed by atoms with Crippen LogP contribution in [0.5, 0.6) is 0 Å². The molecule has 10 heteroatoms. The number of hydrogen-bond acceptors (Lipinski definition) is 8. The maximum atomic E-state index is 14.0. The highest BCUT2D eigenvalue weighted by molar-refractivity contribution is 5.94. The standard InChI is InChI=1S/C24H22F2N8/c25-16-10-18(22(26)30-11-16)31-20-9-15(3-4-29-20)23-32-19-13-28-12-17(14-1-2-14)21(19)24(33-23)34-7-5-27-6-8-34/h3-4,9-14,27H,1-2,5-8H2,(H,29,31). The number of pyridine rings is 3. The first-order chi connectivity index (χ1) is 16.7. The van der Waals surface area contributed by atoms with Crippen molar-refractivity contribution in [1.29, 1.82) is 0 Å². The summed E-state index contributed by atoms with van der Waals surface area (Å²) in [5.74, 6) is 0.837. The molecule has 0 aromatic carbocycles. The lowest BCUT2D eigenvalue weighted by atomic mass is 10.1. The summed E-state index contributed by atoms with van der Waals surface area (Å²) in [4.78, 5) is 24.2. The average molecular weight is 460 g/mol. The van der Waals surface area contributed by atoms with Crippen molar-refractivity contribution in [3.8, 4) is 11.4 Å². The lowest BCUT2D eigenvalue weighted by Crippen LogP contribution is -2.44. The van der Waals surface area contributed by atoms with E-state index in [1.165, 1.54) is 5.56 Å². The molecule has 0 unspecified atom stereocenters. The van der Waals surface area contributed by atoms with E-state index < -0.39 is 11.8 Å². The van der Waals surface area contributed by atoms with Crippen molar-refractivity contribution in [2.45, 2.75) is 18.8 Å². The molecular weight excluding hydrogens is 438 g/mol. The quantitative estimate of drug-likeness (QED) is 0.435. The molecule has 8 nitrogen and oxygen atoms in total. The second-order valence-corrected chi connectivity index (χ2v) is 8.55. The highest BCUT2D eigenvalue weighted by Gasteiger charge is 2.29. The first kappa shape index (κ1) is 20.8. The topological polar surface area (TPSA) is 91.8 Å². The van der Waals surface area contributed by atoms with Crippen molar-refractivity contribution in [3.05, 3.63) is 60.3 Å². The molecule has 2 aliphatic rings. The minimum atomic E-state index is -0.810. The Morgan fingerprint density at radius 1 is 1.00 bits per heavy atom. The minimum Gasteiger partial charge on any atom is -0.353 e. The Bertz CT molecular complexity index is 1370. The summed E-state index contributed by atoms with van der Waals surface area (Å²) in [5, 5.41) is 7.26. The summed E-state index contributed by atoms with van der Waals surface area (Å²) in [6, 6.07) is 4.55. The van der Waals surface area contributed by atoms with Crippen LogP contribution in [0.3, 0.4) is 0 Å². The molecule has 5 heterocycles. The highest BCUT2D eigenvalue weighted by Crippen LogP contribution is 2.44. The van der Waals surface area contributed by atoms with Gasteiger partial charge in [0.05, 0.1) is 23.6 Å². The summed E-state index contributed by atoms with van der Waals surface area (Å²) in [6.07, 6.45) is 8.47. The molecule has 1 saturated heterocycles. The summed E-state index contributed by atoms with van der Waals surface area (Å²) in [7, 11) is 0. The number of aromatic nitrogens is 5. The van der Waals surface area contributed by atoms with Crippen LogP contribution in [-0.2, 0) is 0 Å². The van der Waals surface area contributed by atoms with Gasteiger partial charge in [-0.25, -0.2) is 24.3 Å². The van der Waals surface area contributed by atoms with Gasteiger partial charge in [-0.2, -0.15) is 4.39 Å². The van der Waals surface area contributed by atoms with Gasteiger partial charge in [-0.1, -0.05) is 0 Å². The van der Waals surface area contributed by atoms with E-state index in [1.54, 1.807) is 24.5 Å². The predicted octanol–water partition coefficient (Wildman–Crippen LogP) is 3.79. The fourth-order valence-electron chi connectivity index (χ4n) is 4.31. The second-order valence-electron chi connectivity index (χ2n) is 8.55. The predicted molar refractivity (Wildman–Crippen MR) is 125 cm³/mol. The van der Waals surface area contributed by atoms with Gasteiger partial charge in [0.2, 0.25) is 5.95 Å². The number of fused-ring (bicyclic) bond motifs is 1. The zero-order valence-electron chi connectivity index (χ0n) is 18.3. The molecule has 1 aliphatic heterocycles. The van der Waals surface area contributed by atoms with Crippen molar-refractivity contribution in [1.82, 2.24) is 30.2 Å². The van der Waals surface area contributed by atoms with E-state index >= 15 is 0 Å². The smallest absolute Gasteiger partial charge is 0.236 e. The van der Waals surface area contributed by atoms with Crippen molar-refractivity contribution in [3.63, 3.8) is 0 Å². The van der Waals surface area contributed by atoms with Crippen molar-refractivity contribution in [2.75, 3.05) is 36.4 Å². The van der Waals surface area contributed by atoms with Crippen LogP contribution in [0.25, 0.3) is 22.3 Å². The molecule has 0 atom stereocenters. The van der Waals surface area contributed by atoms with Gasteiger partial charge in [0, 0.05) is 55.6 Å². The normalized spacial score (nSPS) is 16.1. The second kappa shape index (κ2) is 8.53. The third-order valence-corrected chi connectivity index (χ3v) is 6.14. The first-order valence-electron chi connectivity index (χ1n) is 11.3. The third kappa shape index (κ3) is 4.01. The summed E-state index contributed by atoms with van der Waals surface area (Å²) in [6.45, 7) is 3.49. The number of rotatable bonds is 5. The Balaban J connectivity index is 1.44. The van der Waals surface area contributed by atoms with Crippen LogP contribution in [0.15, 0.2) is 43.0 Å². The van der Waals surface area contributed by atoms with Crippen LogP contribution in [0.4, 0.5) is 26.1 Å². The van der Waals surface area contributed by atoms with E-state index in [-0.39, 0.29) is 5.69 Å². The van der Waals surface area contributed by atoms with Gasteiger partial charge < -0.3 is 15.5 Å². The van der Waals surface area contributed by atoms with E-state index in [0.717, 1.165) is 68.0 Å². The number of hydrogen-bond donors (Lipinski definition) is 2. The lowest BCUT2D eigenvalue weighted by Gasteiger charge is -2.30. The van der Waals surface area contributed by atoms with Gasteiger partial charge >= 0.3 is 0 Å². The molecule has 2 N–H and O–H groups in total. The van der Waals surface area contributed by atoms with E-state index in [2.05, 4.69) is 30.5 Å². The van der Waals surface area contributed by atoms with Gasteiger partial charge in [0.15, 0.2) is 5.82 Å². The zero-order chi connectivity index (χ0) is 23.1. The van der Waals surface area contributed by atoms with E-state index in [1.807, 2.05) is 6.20 Å². The van der Waals surface area contributed by atoms with E-state index in [0.29, 0.717) is 23.1 Å². The Morgan fingerprint density at radius 3 is 2.68 bits per heavy atom. The molecule has 34 heavy (non-hydrogen) atoms. The lowest BCUT2D eigenvalue weighted by molar-refractivity contribution is 0.564. The highest BCUT2D eigenvalue weighted by atomic mass is 19.1. The average Bonchev–Trinajstić information content (AvgIpc) is 3.71. The van der Waals surface area contributed by atoms with Gasteiger partial charge in [0.25, 0.3) is 0 Å². The largest absolute Gasteiger partial charge is 0.353 e. The zero-order valence-corrected chi connectivity index (χ0v) is 18.3. The van der Waals surface area contributed by atoms with Crippen LogP contribution >= 0.6 is 0 Å². The number of nitrogens with one attached hydrogen (secondary N) is 2. The first-order valence-corrected chi connectivity index (χ1v) is 11.3. The molecule has 0 spiro atoms. The number of nitrogens with zero attached hydrogens (tertiary/aromatic N) is 6. The Labute approximate surface area is 194 Å². The molecule has 6 rings (SSSR count). The SMILES string of the molecule is Fc1cnc(F)c(Nc2cc(-c3nc(N4CCNCC4)c4c(C5CC5)cncc4n3)ccn2)c1. The third-order valence-electron chi connectivity index (χ3n) is 6.14. The Morgan fingerprint density at radius 2 is 1.85 bits per heavy atom. The van der Waals surface area contributed by atoms with Crippen LogP contribution in [0.1, 0.15) is 24.3 Å². The number of piperazine rings is 1. The molecular formula is C24H22F2N8. The number of anilines is 3. The molecule has 2 fully saturated rings. The Kier molecular flexibility index (Phi) is 5.21. The van der Waals surface area contributed by atoms with Crippen LogP contribution in [0, 0.1) is 11.8 Å². The molecule has 4 aromatic rings. The molecule has 172 valence electrons. The van der Waals surface area contributed by atoms with Crippen LogP contribution in [-0.4, -0.2) is 51.1 Å². The van der Waals surface area contributed by atoms with E-state index in [4.69, 9.17) is 9.97 Å². The monoisotopic (exact) mass is 460 g/mol. The Hall–Kier alpha value is -3.79. The summed E-state index contributed by atoms with van der Waals surface area (Å²) >= 11 is 0. The number of halogens is 2. The van der Waals surface area contributed by atoms with Gasteiger partial charge in [-0.15, -0.1) is 0 Å². The van der Waals surface area contributed by atoms with Crippen LogP contribution in [0.2, 0.25) is 0 Å². The molecule has 0 radical (unpaired) electrons. The van der Waals surface area contributed by atoms with Crippen molar-refractivity contribution >= 4 is 28.2 Å². The summed E-state index contributed by atoms with van der Waals surface area (Å²) < 4.78 is 27.5. The molecule has 0 amide bonds. The fourth-order valence-corrected chi connectivity index (χ4v) is 4.31. The van der Waals surface area contributed by atoms with Gasteiger partial charge in [-0.05, 0) is 36.5 Å². The maximum absolute atomic E-state index is 14.0. The van der Waals surface area contributed by atoms with Gasteiger partial charge in [0.1, 0.15) is 17.5 Å². The fraction of sp³-hybridized carbons (Fsp3) is 0.292. The van der Waals surface area contributed by atoms with Gasteiger partial charge in [-0.3, -0.25) is 4.98 Å². The van der Waals surface area contributed by atoms with Crippen LogP contribution < -0.4 is 15.5 Å². The maximum Gasteiger partial charge on any atom is 0.236 e.